The Morgan fingerprint density at radius 1 is 1.00 bits per heavy atom. The lowest BCUT2D eigenvalue weighted by atomic mass is 10.1. The van der Waals surface area contributed by atoms with Gasteiger partial charge < -0.3 is 4.74 Å². The molecule has 0 saturated carbocycles. The minimum Gasteiger partial charge on any atom is -0.454 e. The summed E-state index contributed by atoms with van der Waals surface area (Å²) >= 11 is 9.30. The van der Waals surface area contributed by atoms with E-state index in [1.165, 1.54) is 6.07 Å². The van der Waals surface area contributed by atoms with E-state index >= 15 is 0 Å². The number of allylic oxidation sites excluding steroid dienone is 1. The summed E-state index contributed by atoms with van der Waals surface area (Å²) in [5, 5.41) is 11.7. The molecule has 0 aliphatic carbocycles. The maximum atomic E-state index is 13.5. The monoisotopic (exact) mass is 505 g/mol. The molecule has 0 fully saturated rings. The SMILES string of the molecule is O=[N+]([O-])c1ccc2c(c1)OC(c1ccc(Br)cc1)=C(Cc1ccc(Cl)cc1)S2(=O)=O. The van der Waals surface area contributed by atoms with Crippen molar-refractivity contribution in [1.82, 2.24) is 0 Å². The molecular weight excluding hydrogens is 494 g/mol. The lowest BCUT2D eigenvalue weighted by molar-refractivity contribution is -0.385. The predicted molar refractivity (Wildman–Crippen MR) is 117 cm³/mol. The number of sulfone groups is 1. The number of hydrogen-bond acceptors (Lipinski definition) is 5. The summed E-state index contributed by atoms with van der Waals surface area (Å²) in [6, 6.07) is 17.3. The minimum absolute atomic E-state index is 0.0676. The molecule has 3 aromatic carbocycles. The second-order valence-corrected chi connectivity index (χ2v) is 9.85. The fourth-order valence-corrected chi connectivity index (χ4v) is 5.15. The van der Waals surface area contributed by atoms with Crippen molar-refractivity contribution < 1.29 is 18.1 Å². The van der Waals surface area contributed by atoms with Gasteiger partial charge in [-0.15, -0.1) is 0 Å². The molecule has 0 aromatic heterocycles. The van der Waals surface area contributed by atoms with E-state index in [0.29, 0.717) is 10.6 Å². The van der Waals surface area contributed by atoms with Crippen LogP contribution in [0.4, 0.5) is 5.69 Å². The van der Waals surface area contributed by atoms with Gasteiger partial charge in [-0.2, -0.15) is 0 Å². The van der Waals surface area contributed by atoms with Gasteiger partial charge in [0.25, 0.3) is 5.69 Å². The third-order valence-corrected chi connectivity index (χ3v) is 7.28. The van der Waals surface area contributed by atoms with Crippen LogP contribution < -0.4 is 4.74 Å². The Labute approximate surface area is 186 Å². The van der Waals surface area contributed by atoms with Gasteiger partial charge in [0.05, 0.1) is 15.9 Å². The van der Waals surface area contributed by atoms with Gasteiger partial charge in [0.15, 0.2) is 5.75 Å². The molecule has 9 heteroatoms. The number of hydrogen-bond donors (Lipinski definition) is 0. The summed E-state index contributed by atoms with van der Waals surface area (Å²) in [5.41, 5.74) is 1.03. The van der Waals surface area contributed by atoms with Crippen LogP contribution in [0.15, 0.2) is 81.0 Å². The largest absolute Gasteiger partial charge is 0.454 e. The molecule has 4 rings (SSSR count). The van der Waals surface area contributed by atoms with Crippen LogP contribution in [0.1, 0.15) is 11.1 Å². The van der Waals surface area contributed by atoms with E-state index < -0.39 is 14.8 Å². The molecule has 1 heterocycles. The fraction of sp³-hybridized carbons (Fsp3) is 0.0476. The number of rotatable bonds is 4. The van der Waals surface area contributed by atoms with Gasteiger partial charge in [0.2, 0.25) is 9.84 Å². The molecule has 30 heavy (non-hydrogen) atoms. The van der Waals surface area contributed by atoms with Crippen molar-refractivity contribution >= 4 is 48.8 Å². The van der Waals surface area contributed by atoms with Crippen LogP contribution in [0, 0.1) is 10.1 Å². The van der Waals surface area contributed by atoms with Gasteiger partial charge in [-0.3, -0.25) is 10.1 Å². The molecule has 0 radical (unpaired) electrons. The molecule has 1 aliphatic rings. The third kappa shape index (κ3) is 3.86. The molecule has 0 N–H and O–H groups in total. The highest BCUT2D eigenvalue weighted by Crippen LogP contribution is 2.42. The fourth-order valence-electron chi connectivity index (χ4n) is 3.12. The van der Waals surface area contributed by atoms with Crippen LogP contribution in [-0.2, 0) is 16.3 Å². The zero-order chi connectivity index (χ0) is 21.5. The number of benzene rings is 3. The molecule has 0 bridgehead atoms. The van der Waals surface area contributed by atoms with Crippen LogP contribution in [-0.4, -0.2) is 13.3 Å². The van der Waals surface area contributed by atoms with Crippen LogP contribution in [0.5, 0.6) is 5.75 Å². The summed E-state index contributed by atoms with van der Waals surface area (Å²) in [4.78, 5) is 10.5. The van der Waals surface area contributed by atoms with Crippen LogP contribution in [0.3, 0.4) is 0 Å². The van der Waals surface area contributed by atoms with Gasteiger partial charge in [0.1, 0.15) is 10.7 Å². The quantitative estimate of drug-likeness (QED) is 0.330. The van der Waals surface area contributed by atoms with Crippen LogP contribution in [0.2, 0.25) is 5.02 Å². The molecule has 152 valence electrons. The molecule has 3 aromatic rings. The smallest absolute Gasteiger partial charge is 0.273 e. The number of fused-ring (bicyclic) bond motifs is 1. The number of nitrogens with zero attached hydrogens (tertiary/aromatic N) is 1. The van der Waals surface area contributed by atoms with Crippen molar-refractivity contribution in [3.63, 3.8) is 0 Å². The topological polar surface area (TPSA) is 86.5 Å². The number of ether oxygens (including phenoxy) is 1. The van der Waals surface area contributed by atoms with Crippen molar-refractivity contribution in [2.45, 2.75) is 11.3 Å². The molecular formula is C21H13BrClNO5S. The number of halogens is 2. The van der Waals surface area contributed by atoms with Crippen molar-refractivity contribution in [1.29, 1.82) is 0 Å². The number of non-ortho nitro benzene ring substituents is 1. The lowest BCUT2D eigenvalue weighted by Crippen LogP contribution is -2.18. The number of nitro benzene ring substituents is 1. The first-order chi connectivity index (χ1) is 14.3. The molecule has 0 saturated heterocycles. The lowest BCUT2D eigenvalue weighted by Gasteiger charge is -2.24. The highest BCUT2D eigenvalue weighted by atomic mass is 79.9. The minimum atomic E-state index is -3.95. The van der Waals surface area contributed by atoms with Gasteiger partial charge in [-0.1, -0.05) is 51.8 Å². The van der Waals surface area contributed by atoms with E-state index in [0.717, 1.165) is 22.2 Å². The summed E-state index contributed by atoms with van der Waals surface area (Å²) in [5.74, 6) is 0.0763. The Kier molecular flexibility index (Phi) is 5.40. The van der Waals surface area contributed by atoms with Gasteiger partial charge in [0, 0.05) is 27.5 Å². The van der Waals surface area contributed by atoms with E-state index in [-0.39, 0.29) is 33.4 Å². The maximum Gasteiger partial charge on any atom is 0.273 e. The van der Waals surface area contributed by atoms with Gasteiger partial charge in [-0.05, 0) is 35.9 Å². The Bertz CT molecular complexity index is 1290. The summed E-state index contributed by atoms with van der Waals surface area (Å²) in [6.45, 7) is 0. The second kappa shape index (κ2) is 7.86. The molecule has 0 spiro atoms. The van der Waals surface area contributed by atoms with Crippen LogP contribution >= 0.6 is 27.5 Å². The van der Waals surface area contributed by atoms with Crippen molar-refractivity contribution in [3.8, 4) is 5.75 Å². The van der Waals surface area contributed by atoms with E-state index in [1.807, 2.05) is 0 Å². The Balaban J connectivity index is 1.91. The molecule has 0 amide bonds. The van der Waals surface area contributed by atoms with Crippen molar-refractivity contribution in [2.24, 2.45) is 0 Å². The second-order valence-electron chi connectivity index (χ2n) is 6.56. The normalized spacial score (nSPS) is 14.7. The van der Waals surface area contributed by atoms with Gasteiger partial charge in [-0.25, -0.2) is 8.42 Å². The highest BCUT2D eigenvalue weighted by molar-refractivity contribution is 9.10. The first kappa shape index (κ1) is 20.6. The zero-order valence-corrected chi connectivity index (χ0v) is 18.4. The van der Waals surface area contributed by atoms with E-state index in [9.17, 15) is 18.5 Å². The van der Waals surface area contributed by atoms with Gasteiger partial charge >= 0.3 is 0 Å². The maximum absolute atomic E-state index is 13.5. The summed E-state index contributed by atoms with van der Waals surface area (Å²) < 4.78 is 33.7. The van der Waals surface area contributed by atoms with Crippen molar-refractivity contribution in [2.75, 3.05) is 0 Å². The van der Waals surface area contributed by atoms with E-state index in [4.69, 9.17) is 16.3 Å². The third-order valence-electron chi connectivity index (χ3n) is 4.60. The molecule has 0 unspecified atom stereocenters. The Morgan fingerprint density at radius 3 is 2.30 bits per heavy atom. The predicted octanol–water partition coefficient (Wildman–Crippen LogP) is 5.79. The standard InChI is InChI=1S/C21H13BrClNO5S/c22-15-5-3-14(4-6-15)21-20(11-13-1-7-16(23)8-2-13)30(27,28)19-10-9-17(24(25)26)12-18(19)29-21/h1-10,12H,11H2. The Hall–Kier alpha value is -2.68. The summed E-state index contributed by atoms with van der Waals surface area (Å²) in [6.07, 6.45) is 0.0846. The zero-order valence-electron chi connectivity index (χ0n) is 15.2. The molecule has 1 aliphatic heterocycles. The highest BCUT2D eigenvalue weighted by Gasteiger charge is 2.35. The van der Waals surface area contributed by atoms with E-state index in [2.05, 4.69) is 15.9 Å². The first-order valence-electron chi connectivity index (χ1n) is 8.70. The van der Waals surface area contributed by atoms with E-state index in [1.54, 1.807) is 48.5 Å². The van der Waals surface area contributed by atoms with Crippen molar-refractivity contribution in [3.05, 3.63) is 102 Å². The summed E-state index contributed by atoms with van der Waals surface area (Å²) in [7, 11) is -3.95. The Morgan fingerprint density at radius 2 is 1.67 bits per heavy atom. The average molecular weight is 507 g/mol. The van der Waals surface area contributed by atoms with Crippen LogP contribution in [0.25, 0.3) is 5.76 Å². The number of nitro groups is 1. The first-order valence-corrected chi connectivity index (χ1v) is 11.4. The molecule has 0 atom stereocenters. The molecule has 6 nitrogen and oxygen atoms in total. The average Bonchev–Trinajstić information content (AvgIpc) is 2.71.